The summed E-state index contributed by atoms with van der Waals surface area (Å²) in [6.45, 7) is 2.10. The van der Waals surface area contributed by atoms with Crippen LogP contribution in [-0.2, 0) is 6.42 Å². The van der Waals surface area contributed by atoms with Gasteiger partial charge in [0.05, 0.1) is 5.69 Å². The van der Waals surface area contributed by atoms with Gasteiger partial charge >= 0.3 is 0 Å². The molecule has 0 aliphatic heterocycles. The lowest BCUT2D eigenvalue weighted by Crippen LogP contribution is -1.91. The zero-order valence-corrected chi connectivity index (χ0v) is 7.38. The van der Waals surface area contributed by atoms with Crippen molar-refractivity contribution in [1.29, 1.82) is 0 Å². The van der Waals surface area contributed by atoms with Crippen molar-refractivity contribution in [2.24, 2.45) is 0 Å². The molecule has 1 nitrogen and oxygen atoms in total. The number of pyridine rings is 1. The van der Waals surface area contributed by atoms with Gasteiger partial charge in [0, 0.05) is 6.20 Å². The minimum atomic E-state index is 1.16. The maximum atomic E-state index is 4.39. The van der Waals surface area contributed by atoms with Crippen molar-refractivity contribution >= 4 is 6.08 Å². The summed E-state index contributed by atoms with van der Waals surface area (Å²) in [5.74, 6) is 0. The Balaban J connectivity index is 2.46. The molecule has 1 aliphatic carbocycles. The van der Waals surface area contributed by atoms with Crippen molar-refractivity contribution in [3.63, 3.8) is 0 Å². The summed E-state index contributed by atoms with van der Waals surface area (Å²) >= 11 is 0. The minimum Gasteiger partial charge on any atom is -0.256 e. The third-order valence-corrected chi connectivity index (χ3v) is 2.23. The highest BCUT2D eigenvalue weighted by atomic mass is 14.7. The summed E-state index contributed by atoms with van der Waals surface area (Å²) in [5, 5.41) is 0. The molecule has 0 saturated heterocycles. The van der Waals surface area contributed by atoms with Gasteiger partial charge in [0.25, 0.3) is 0 Å². The SMILES string of the molecule is Cc1cnc2c(c1)CCCC=C2. The first-order chi connectivity index (χ1) is 5.86. The van der Waals surface area contributed by atoms with Crippen molar-refractivity contribution in [3.8, 4) is 0 Å². The Morgan fingerprint density at radius 3 is 3.25 bits per heavy atom. The van der Waals surface area contributed by atoms with Gasteiger partial charge in [0.1, 0.15) is 0 Å². The largest absolute Gasteiger partial charge is 0.256 e. The Kier molecular flexibility index (Phi) is 1.94. The number of nitrogens with zero attached hydrogens (tertiary/aromatic N) is 1. The van der Waals surface area contributed by atoms with Crippen LogP contribution in [0.3, 0.4) is 0 Å². The zero-order valence-electron chi connectivity index (χ0n) is 7.38. The topological polar surface area (TPSA) is 12.9 Å². The van der Waals surface area contributed by atoms with Gasteiger partial charge in [-0.15, -0.1) is 0 Å². The third-order valence-electron chi connectivity index (χ3n) is 2.23. The summed E-state index contributed by atoms with van der Waals surface area (Å²) in [7, 11) is 0. The highest BCUT2D eigenvalue weighted by Gasteiger charge is 2.03. The van der Waals surface area contributed by atoms with Crippen LogP contribution in [0.4, 0.5) is 0 Å². The fourth-order valence-electron chi connectivity index (χ4n) is 1.60. The quantitative estimate of drug-likeness (QED) is 0.567. The highest BCUT2D eigenvalue weighted by Crippen LogP contribution is 2.17. The van der Waals surface area contributed by atoms with Crippen molar-refractivity contribution in [1.82, 2.24) is 4.98 Å². The van der Waals surface area contributed by atoms with Crippen molar-refractivity contribution in [2.75, 3.05) is 0 Å². The Morgan fingerprint density at radius 1 is 1.42 bits per heavy atom. The zero-order chi connectivity index (χ0) is 8.39. The van der Waals surface area contributed by atoms with Gasteiger partial charge in [-0.1, -0.05) is 12.1 Å². The van der Waals surface area contributed by atoms with E-state index in [9.17, 15) is 0 Å². The molecule has 0 unspecified atom stereocenters. The smallest absolute Gasteiger partial charge is 0.0658 e. The number of allylic oxidation sites excluding steroid dienone is 1. The molecule has 1 heterocycles. The van der Waals surface area contributed by atoms with Gasteiger partial charge in [-0.05, 0) is 43.4 Å². The molecular weight excluding hydrogens is 146 g/mol. The second kappa shape index (κ2) is 3.10. The van der Waals surface area contributed by atoms with E-state index < -0.39 is 0 Å². The first-order valence-electron chi connectivity index (χ1n) is 4.48. The average Bonchev–Trinajstić information content (AvgIpc) is 2.28. The summed E-state index contributed by atoms with van der Waals surface area (Å²) in [6.07, 6.45) is 9.92. The van der Waals surface area contributed by atoms with Crippen molar-refractivity contribution in [2.45, 2.75) is 26.2 Å². The van der Waals surface area contributed by atoms with E-state index in [1.54, 1.807) is 0 Å². The molecule has 62 valence electrons. The van der Waals surface area contributed by atoms with Gasteiger partial charge in [-0.2, -0.15) is 0 Å². The molecule has 0 spiro atoms. The van der Waals surface area contributed by atoms with E-state index in [1.165, 1.54) is 30.4 Å². The second-order valence-electron chi connectivity index (χ2n) is 3.35. The summed E-state index contributed by atoms with van der Waals surface area (Å²) in [4.78, 5) is 4.39. The molecule has 0 bridgehead atoms. The molecule has 0 radical (unpaired) electrons. The number of hydrogen-bond acceptors (Lipinski definition) is 1. The maximum absolute atomic E-state index is 4.39. The molecule has 0 fully saturated rings. The van der Waals surface area contributed by atoms with Gasteiger partial charge < -0.3 is 0 Å². The Morgan fingerprint density at radius 2 is 2.33 bits per heavy atom. The second-order valence-corrected chi connectivity index (χ2v) is 3.35. The number of rotatable bonds is 0. The third kappa shape index (κ3) is 1.40. The molecule has 1 aromatic rings. The molecule has 1 heteroatoms. The molecule has 12 heavy (non-hydrogen) atoms. The molecule has 0 aromatic carbocycles. The fourth-order valence-corrected chi connectivity index (χ4v) is 1.60. The van der Waals surface area contributed by atoms with Crippen LogP contribution >= 0.6 is 0 Å². The van der Waals surface area contributed by atoms with E-state index in [4.69, 9.17) is 0 Å². The normalized spacial score (nSPS) is 15.4. The van der Waals surface area contributed by atoms with Gasteiger partial charge in [-0.25, -0.2) is 0 Å². The lowest BCUT2D eigenvalue weighted by atomic mass is 10.1. The van der Waals surface area contributed by atoms with Crippen LogP contribution in [0.5, 0.6) is 0 Å². The van der Waals surface area contributed by atoms with Crippen LogP contribution in [0, 0.1) is 6.92 Å². The lowest BCUT2D eigenvalue weighted by molar-refractivity contribution is 0.846. The van der Waals surface area contributed by atoms with E-state index in [0.29, 0.717) is 0 Å². The maximum Gasteiger partial charge on any atom is 0.0658 e. The van der Waals surface area contributed by atoms with Crippen LogP contribution < -0.4 is 0 Å². The summed E-state index contributed by atoms with van der Waals surface area (Å²) in [6, 6.07) is 2.25. The predicted molar refractivity (Wildman–Crippen MR) is 50.9 cm³/mol. The lowest BCUT2D eigenvalue weighted by Gasteiger charge is -2.02. The molecular formula is C11H13N. The van der Waals surface area contributed by atoms with Crippen LogP contribution in [0.15, 0.2) is 18.3 Å². The fraction of sp³-hybridized carbons (Fsp3) is 0.364. The van der Waals surface area contributed by atoms with Crippen molar-refractivity contribution in [3.05, 3.63) is 35.2 Å². The van der Waals surface area contributed by atoms with Crippen LogP contribution in [-0.4, -0.2) is 4.98 Å². The number of hydrogen-bond donors (Lipinski definition) is 0. The molecule has 0 amide bonds. The van der Waals surface area contributed by atoms with E-state index in [2.05, 4.69) is 30.1 Å². The van der Waals surface area contributed by atoms with E-state index >= 15 is 0 Å². The summed E-state index contributed by atoms with van der Waals surface area (Å²) in [5.41, 5.74) is 3.84. The monoisotopic (exact) mass is 159 g/mol. The molecule has 0 N–H and O–H groups in total. The summed E-state index contributed by atoms with van der Waals surface area (Å²) < 4.78 is 0. The first-order valence-corrected chi connectivity index (χ1v) is 4.48. The Bertz CT molecular complexity index is 313. The van der Waals surface area contributed by atoms with E-state index in [-0.39, 0.29) is 0 Å². The average molecular weight is 159 g/mol. The standard InChI is InChI=1S/C11H13N/c1-9-7-10-5-3-2-4-6-11(10)12-8-9/h4,6-8H,2-3,5H2,1H3. The molecule has 1 aromatic heterocycles. The van der Waals surface area contributed by atoms with Crippen LogP contribution in [0.25, 0.3) is 6.08 Å². The van der Waals surface area contributed by atoms with E-state index in [1.807, 2.05) is 6.20 Å². The van der Waals surface area contributed by atoms with E-state index in [0.717, 1.165) is 5.69 Å². The Hall–Kier alpha value is -1.11. The number of aryl methyl sites for hydroxylation is 2. The first kappa shape index (κ1) is 7.53. The highest BCUT2D eigenvalue weighted by molar-refractivity contribution is 5.50. The van der Waals surface area contributed by atoms with Gasteiger partial charge in [-0.3, -0.25) is 4.98 Å². The van der Waals surface area contributed by atoms with Gasteiger partial charge in [0.15, 0.2) is 0 Å². The molecule has 0 atom stereocenters. The molecule has 1 aliphatic rings. The minimum absolute atomic E-state index is 1.16. The molecule has 2 rings (SSSR count). The van der Waals surface area contributed by atoms with Crippen LogP contribution in [0.2, 0.25) is 0 Å². The predicted octanol–water partition coefficient (Wildman–Crippen LogP) is 2.74. The number of aromatic nitrogens is 1. The van der Waals surface area contributed by atoms with Gasteiger partial charge in [0.2, 0.25) is 0 Å². The van der Waals surface area contributed by atoms with Crippen molar-refractivity contribution < 1.29 is 0 Å². The Labute approximate surface area is 73.1 Å². The molecule has 0 saturated carbocycles. The number of fused-ring (bicyclic) bond motifs is 1. The van der Waals surface area contributed by atoms with Crippen LogP contribution in [0.1, 0.15) is 29.7 Å².